The van der Waals surface area contributed by atoms with Crippen molar-refractivity contribution in [2.24, 2.45) is 5.92 Å². The quantitative estimate of drug-likeness (QED) is 0.652. The molecule has 3 aromatic rings. The lowest BCUT2D eigenvalue weighted by Gasteiger charge is -2.14. The number of nitrogens with zero attached hydrogens (tertiary/aromatic N) is 2. The van der Waals surface area contributed by atoms with Crippen molar-refractivity contribution >= 4 is 5.91 Å². The van der Waals surface area contributed by atoms with E-state index in [1.54, 1.807) is 0 Å². The van der Waals surface area contributed by atoms with Crippen LogP contribution in [0.5, 0.6) is 0 Å². The minimum atomic E-state index is 0.0490. The summed E-state index contributed by atoms with van der Waals surface area (Å²) in [4.78, 5) is 12.1. The van der Waals surface area contributed by atoms with Crippen LogP contribution in [0, 0.1) is 19.8 Å². The molecule has 1 unspecified atom stereocenters. The van der Waals surface area contributed by atoms with Crippen molar-refractivity contribution in [1.82, 2.24) is 15.1 Å². The van der Waals surface area contributed by atoms with Crippen molar-refractivity contribution < 1.29 is 9.21 Å². The lowest BCUT2D eigenvalue weighted by atomic mass is 10.1. The monoisotopic (exact) mass is 365 g/mol. The third-order valence-corrected chi connectivity index (χ3v) is 4.55. The number of rotatable bonds is 8. The summed E-state index contributed by atoms with van der Waals surface area (Å²) in [5, 5.41) is 7.49. The van der Waals surface area contributed by atoms with E-state index in [0.717, 1.165) is 35.0 Å². The van der Waals surface area contributed by atoms with Crippen LogP contribution in [0.4, 0.5) is 0 Å². The lowest BCUT2D eigenvalue weighted by molar-refractivity contribution is -0.121. The molecule has 1 atom stereocenters. The van der Waals surface area contributed by atoms with E-state index in [1.807, 2.05) is 54.1 Å². The Morgan fingerprint density at radius 1 is 1.19 bits per heavy atom. The lowest BCUT2D eigenvalue weighted by Crippen LogP contribution is -2.30. The maximum atomic E-state index is 12.1. The molecular weight excluding hydrogens is 338 g/mol. The second-order valence-corrected chi connectivity index (χ2v) is 7.15. The summed E-state index contributed by atoms with van der Waals surface area (Å²) < 4.78 is 7.85. The zero-order chi connectivity index (χ0) is 19.2. The number of carbonyl (C=O) groups is 1. The Kier molecular flexibility index (Phi) is 6.12. The molecule has 27 heavy (non-hydrogen) atoms. The normalized spacial score (nSPS) is 12.1. The number of hydrogen-bond donors (Lipinski definition) is 1. The Hall–Kier alpha value is -2.82. The minimum Gasteiger partial charge on any atom is -0.461 e. The fourth-order valence-corrected chi connectivity index (χ4v) is 3.10. The van der Waals surface area contributed by atoms with E-state index in [0.29, 0.717) is 25.3 Å². The smallest absolute Gasteiger partial charge is 0.220 e. The molecule has 0 saturated heterocycles. The molecule has 2 aromatic heterocycles. The fraction of sp³-hybridized carbons (Fsp3) is 0.364. The number of benzene rings is 1. The summed E-state index contributed by atoms with van der Waals surface area (Å²) in [5.74, 6) is 2.04. The summed E-state index contributed by atoms with van der Waals surface area (Å²) in [5.41, 5.74) is 3.22. The van der Waals surface area contributed by atoms with Gasteiger partial charge in [-0.3, -0.25) is 9.48 Å². The van der Waals surface area contributed by atoms with Gasteiger partial charge in [-0.05, 0) is 38.0 Å². The zero-order valence-corrected chi connectivity index (χ0v) is 16.2. The highest BCUT2D eigenvalue weighted by atomic mass is 16.3. The largest absolute Gasteiger partial charge is 0.461 e. The van der Waals surface area contributed by atoms with Gasteiger partial charge in [0.2, 0.25) is 5.91 Å². The topological polar surface area (TPSA) is 60.1 Å². The molecule has 1 aromatic carbocycles. The number of nitrogens with one attached hydrogen (secondary N) is 1. The molecule has 0 bridgehead atoms. The van der Waals surface area contributed by atoms with Crippen LogP contribution in [0.25, 0.3) is 11.3 Å². The Morgan fingerprint density at radius 2 is 1.96 bits per heavy atom. The first-order valence-electron chi connectivity index (χ1n) is 9.43. The van der Waals surface area contributed by atoms with Gasteiger partial charge < -0.3 is 9.73 Å². The van der Waals surface area contributed by atoms with Crippen molar-refractivity contribution in [3.63, 3.8) is 0 Å². The van der Waals surface area contributed by atoms with Crippen molar-refractivity contribution in [2.45, 2.75) is 40.2 Å². The van der Waals surface area contributed by atoms with Gasteiger partial charge in [-0.1, -0.05) is 37.3 Å². The molecular formula is C22H27N3O2. The van der Waals surface area contributed by atoms with E-state index in [4.69, 9.17) is 4.42 Å². The van der Waals surface area contributed by atoms with Gasteiger partial charge in [-0.2, -0.15) is 5.10 Å². The first-order chi connectivity index (χ1) is 13.0. The summed E-state index contributed by atoms with van der Waals surface area (Å²) in [6.07, 6.45) is 1.03. The predicted octanol–water partition coefficient (Wildman–Crippen LogP) is 4.15. The van der Waals surface area contributed by atoms with Crippen molar-refractivity contribution in [3.05, 3.63) is 65.7 Å². The molecule has 2 heterocycles. The third-order valence-electron chi connectivity index (χ3n) is 4.55. The van der Waals surface area contributed by atoms with Gasteiger partial charge in [0.05, 0.1) is 5.69 Å². The highest BCUT2D eigenvalue weighted by molar-refractivity contribution is 5.76. The number of aromatic nitrogens is 2. The van der Waals surface area contributed by atoms with Crippen molar-refractivity contribution in [3.8, 4) is 11.3 Å². The molecule has 5 nitrogen and oxygen atoms in total. The Balaban J connectivity index is 1.42. The highest BCUT2D eigenvalue weighted by Gasteiger charge is 2.10. The van der Waals surface area contributed by atoms with Crippen LogP contribution >= 0.6 is 0 Å². The van der Waals surface area contributed by atoms with E-state index in [2.05, 4.69) is 30.3 Å². The molecule has 0 aliphatic rings. The average molecular weight is 365 g/mol. The van der Waals surface area contributed by atoms with Gasteiger partial charge >= 0.3 is 0 Å². The molecule has 0 spiro atoms. The van der Waals surface area contributed by atoms with E-state index in [9.17, 15) is 4.79 Å². The van der Waals surface area contributed by atoms with Gasteiger partial charge in [0, 0.05) is 37.2 Å². The third kappa shape index (κ3) is 5.33. The first-order valence-corrected chi connectivity index (χ1v) is 9.43. The van der Waals surface area contributed by atoms with Gasteiger partial charge in [0.25, 0.3) is 0 Å². The van der Waals surface area contributed by atoms with Crippen molar-refractivity contribution in [2.75, 3.05) is 6.54 Å². The van der Waals surface area contributed by atoms with Gasteiger partial charge in [-0.25, -0.2) is 0 Å². The van der Waals surface area contributed by atoms with Gasteiger partial charge in [-0.15, -0.1) is 0 Å². The maximum absolute atomic E-state index is 12.1. The molecule has 142 valence electrons. The zero-order valence-electron chi connectivity index (χ0n) is 16.2. The maximum Gasteiger partial charge on any atom is 0.220 e. The second-order valence-electron chi connectivity index (χ2n) is 7.15. The van der Waals surface area contributed by atoms with Crippen molar-refractivity contribution in [1.29, 1.82) is 0 Å². The Morgan fingerprint density at radius 3 is 2.67 bits per heavy atom. The Bertz CT molecular complexity index is 880. The number of amides is 1. The van der Waals surface area contributed by atoms with Crippen LogP contribution in [0.1, 0.15) is 30.5 Å². The molecule has 1 amide bonds. The number of furan rings is 1. The summed E-state index contributed by atoms with van der Waals surface area (Å²) in [7, 11) is 0. The molecule has 1 N–H and O–H groups in total. The van der Waals surface area contributed by atoms with E-state index in [-0.39, 0.29) is 5.91 Å². The van der Waals surface area contributed by atoms with Crippen LogP contribution in [0.2, 0.25) is 0 Å². The van der Waals surface area contributed by atoms with Crippen LogP contribution in [-0.4, -0.2) is 22.2 Å². The average Bonchev–Trinajstić information content (AvgIpc) is 3.25. The number of carbonyl (C=O) groups excluding carboxylic acids is 1. The molecule has 3 rings (SSSR count). The minimum absolute atomic E-state index is 0.0490. The number of hydrogen-bond acceptors (Lipinski definition) is 3. The molecule has 0 aliphatic heterocycles. The van der Waals surface area contributed by atoms with Gasteiger partial charge in [0.15, 0.2) is 0 Å². The molecule has 5 heteroatoms. The highest BCUT2D eigenvalue weighted by Crippen LogP contribution is 2.22. The fourth-order valence-electron chi connectivity index (χ4n) is 3.10. The predicted molar refractivity (Wildman–Crippen MR) is 106 cm³/mol. The summed E-state index contributed by atoms with van der Waals surface area (Å²) >= 11 is 0. The summed E-state index contributed by atoms with van der Waals surface area (Å²) in [6.45, 7) is 7.62. The molecule has 0 fully saturated rings. The van der Waals surface area contributed by atoms with Gasteiger partial charge in [0.1, 0.15) is 11.5 Å². The molecule has 0 aliphatic carbocycles. The van der Waals surface area contributed by atoms with E-state index in [1.165, 1.54) is 0 Å². The standard InChI is InChI=1S/C22H27N3O2/c1-16(15-25-18(3)13-17(2)24-25)14-23-22(26)12-10-20-9-11-21(27-20)19-7-5-4-6-8-19/h4-9,11,13,16H,10,12,14-15H2,1-3H3,(H,23,26). The number of aryl methyl sites for hydroxylation is 3. The van der Waals surface area contributed by atoms with Crippen LogP contribution < -0.4 is 5.32 Å². The van der Waals surface area contributed by atoms with Crippen LogP contribution in [0.15, 0.2) is 52.9 Å². The second kappa shape index (κ2) is 8.71. The Labute approximate surface area is 160 Å². The molecule has 0 radical (unpaired) electrons. The summed E-state index contributed by atoms with van der Waals surface area (Å²) in [6, 6.07) is 15.9. The van der Waals surface area contributed by atoms with E-state index < -0.39 is 0 Å². The van der Waals surface area contributed by atoms with Crippen LogP contribution in [0.3, 0.4) is 0 Å². The SMILES string of the molecule is Cc1cc(C)n(CC(C)CNC(=O)CCc2ccc(-c3ccccc3)o2)n1. The van der Waals surface area contributed by atoms with Crippen LogP contribution in [-0.2, 0) is 17.8 Å². The molecule has 0 saturated carbocycles. The first kappa shape index (κ1) is 19.0. The van der Waals surface area contributed by atoms with E-state index >= 15 is 0 Å².